The Bertz CT molecular complexity index is 786. The van der Waals surface area contributed by atoms with Gasteiger partial charge in [0.25, 0.3) is 0 Å². The van der Waals surface area contributed by atoms with Gasteiger partial charge in [-0.1, -0.05) is 19.0 Å². The molecule has 2 fully saturated rings. The molecular weight excluding hydrogens is 426 g/mol. The Labute approximate surface area is 196 Å². The van der Waals surface area contributed by atoms with E-state index in [1.165, 1.54) is 7.11 Å². The van der Waals surface area contributed by atoms with Crippen molar-refractivity contribution >= 4 is 17.9 Å². The van der Waals surface area contributed by atoms with E-state index in [0.717, 1.165) is 44.6 Å². The highest BCUT2D eigenvalue weighted by Crippen LogP contribution is 2.30. The summed E-state index contributed by atoms with van der Waals surface area (Å²) in [5.41, 5.74) is -0.474. The first-order valence-corrected chi connectivity index (χ1v) is 12.0. The fraction of sp³-hybridized carbons (Fsp3) is 0.792. The number of nitrogens with zero attached hydrogens (tertiary/aromatic N) is 3. The van der Waals surface area contributed by atoms with Crippen molar-refractivity contribution in [1.29, 1.82) is 0 Å². The number of piperidine rings is 2. The van der Waals surface area contributed by atoms with E-state index in [1.54, 1.807) is 4.90 Å². The number of carbonyl (C=O) groups excluding carboxylic acids is 2. The Morgan fingerprint density at radius 1 is 1.06 bits per heavy atom. The van der Waals surface area contributed by atoms with E-state index in [9.17, 15) is 9.59 Å². The van der Waals surface area contributed by atoms with Crippen LogP contribution in [-0.2, 0) is 19.0 Å². The Hall–Kier alpha value is -2.29. The highest BCUT2D eigenvalue weighted by molar-refractivity contribution is 5.77. The van der Waals surface area contributed by atoms with Crippen LogP contribution in [0.2, 0.25) is 0 Å². The van der Waals surface area contributed by atoms with Gasteiger partial charge in [0, 0.05) is 32.2 Å². The zero-order chi connectivity index (χ0) is 24.2. The lowest BCUT2D eigenvalue weighted by Gasteiger charge is -2.37. The molecule has 1 aromatic heterocycles. The van der Waals surface area contributed by atoms with Crippen LogP contribution < -0.4 is 4.90 Å². The fourth-order valence-electron chi connectivity index (χ4n) is 4.41. The number of hydrogen-bond acceptors (Lipinski definition) is 8. The number of aromatic nitrogens is 1. The zero-order valence-electron chi connectivity index (χ0n) is 20.8. The Morgan fingerprint density at radius 2 is 1.64 bits per heavy atom. The average molecular weight is 466 g/mol. The summed E-state index contributed by atoms with van der Waals surface area (Å²) in [5, 5.41) is 4.20. The number of methoxy groups -OCH3 is 1. The standard InChI is InChI=1S/C24H39N3O6/c1-16(2)21(22(28)30-6)19-15-20(25-33-19)26-11-7-17(8-12-26)31-18-9-13-27(14-10-18)23(29)32-24(3,4)5/h15-18,21H,7-14H2,1-6H3. The summed E-state index contributed by atoms with van der Waals surface area (Å²) in [6, 6.07) is 1.86. The van der Waals surface area contributed by atoms with Crippen molar-refractivity contribution in [3.63, 3.8) is 0 Å². The molecule has 0 aliphatic carbocycles. The third-order valence-corrected chi connectivity index (χ3v) is 6.19. The minimum absolute atomic E-state index is 0.0547. The monoisotopic (exact) mass is 465 g/mol. The molecule has 3 heterocycles. The van der Waals surface area contributed by atoms with Crippen LogP contribution in [0.25, 0.3) is 0 Å². The van der Waals surface area contributed by atoms with Crippen molar-refractivity contribution in [2.45, 2.75) is 84.0 Å². The third-order valence-electron chi connectivity index (χ3n) is 6.19. The number of anilines is 1. The van der Waals surface area contributed by atoms with E-state index in [2.05, 4.69) is 10.1 Å². The van der Waals surface area contributed by atoms with Crippen LogP contribution in [-0.4, -0.2) is 73.2 Å². The fourth-order valence-corrected chi connectivity index (χ4v) is 4.41. The van der Waals surface area contributed by atoms with Crippen LogP contribution in [0.15, 0.2) is 10.6 Å². The van der Waals surface area contributed by atoms with Gasteiger partial charge in [-0.3, -0.25) is 4.79 Å². The number of hydrogen-bond donors (Lipinski definition) is 0. The molecule has 0 N–H and O–H groups in total. The number of rotatable bonds is 6. The molecule has 0 radical (unpaired) electrons. The highest BCUT2D eigenvalue weighted by atomic mass is 16.6. The van der Waals surface area contributed by atoms with Crippen molar-refractivity contribution in [3.05, 3.63) is 11.8 Å². The second-order valence-corrected chi connectivity index (χ2v) is 10.3. The molecule has 1 unspecified atom stereocenters. The normalized spacial score (nSPS) is 19.6. The van der Waals surface area contributed by atoms with Gasteiger partial charge < -0.3 is 28.5 Å². The Balaban J connectivity index is 1.44. The van der Waals surface area contributed by atoms with Crippen LogP contribution in [0.5, 0.6) is 0 Å². The quantitative estimate of drug-likeness (QED) is 0.583. The van der Waals surface area contributed by atoms with Crippen molar-refractivity contribution in [2.75, 3.05) is 38.2 Å². The van der Waals surface area contributed by atoms with E-state index < -0.39 is 11.5 Å². The van der Waals surface area contributed by atoms with Crippen LogP contribution in [0, 0.1) is 5.92 Å². The van der Waals surface area contributed by atoms with Crippen LogP contribution >= 0.6 is 0 Å². The van der Waals surface area contributed by atoms with Crippen molar-refractivity contribution < 1.29 is 28.3 Å². The predicted octanol–water partition coefficient (Wildman–Crippen LogP) is 3.97. The molecule has 0 aromatic carbocycles. The van der Waals surface area contributed by atoms with Gasteiger partial charge in [-0.25, -0.2) is 4.79 Å². The van der Waals surface area contributed by atoms with Gasteiger partial charge in [-0.05, 0) is 52.4 Å². The maximum absolute atomic E-state index is 12.2. The number of ether oxygens (including phenoxy) is 3. The van der Waals surface area contributed by atoms with E-state index in [0.29, 0.717) is 18.8 Å². The van der Waals surface area contributed by atoms with Gasteiger partial charge in [0.1, 0.15) is 11.5 Å². The predicted molar refractivity (Wildman–Crippen MR) is 123 cm³/mol. The average Bonchev–Trinajstić information content (AvgIpc) is 3.22. The summed E-state index contributed by atoms with van der Waals surface area (Å²) in [5.74, 6) is 0.589. The van der Waals surface area contributed by atoms with Gasteiger partial charge in [-0.2, -0.15) is 0 Å². The van der Waals surface area contributed by atoms with Crippen LogP contribution in [0.4, 0.5) is 10.6 Å². The molecule has 0 saturated carbocycles. The molecular formula is C24H39N3O6. The van der Waals surface area contributed by atoms with Crippen LogP contribution in [0.3, 0.4) is 0 Å². The third kappa shape index (κ3) is 6.85. The van der Waals surface area contributed by atoms with Crippen molar-refractivity contribution in [3.8, 4) is 0 Å². The van der Waals surface area contributed by atoms with Gasteiger partial charge in [0.05, 0.1) is 19.3 Å². The van der Waals surface area contributed by atoms with E-state index in [-0.39, 0.29) is 30.2 Å². The zero-order valence-corrected chi connectivity index (χ0v) is 20.8. The molecule has 186 valence electrons. The number of likely N-dealkylation sites (tertiary alicyclic amines) is 1. The molecule has 1 atom stereocenters. The van der Waals surface area contributed by atoms with E-state index >= 15 is 0 Å². The summed E-state index contributed by atoms with van der Waals surface area (Å²) in [6.45, 7) is 12.5. The molecule has 1 amide bonds. The summed E-state index contributed by atoms with van der Waals surface area (Å²) in [6.07, 6.45) is 3.59. The molecule has 1 aromatic rings. The van der Waals surface area contributed by atoms with E-state index in [4.69, 9.17) is 18.7 Å². The first-order valence-electron chi connectivity index (χ1n) is 12.0. The number of amides is 1. The van der Waals surface area contributed by atoms with Crippen LogP contribution in [0.1, 0.15) is 72.0 Å². The molecule has 9 heteroatoms. The molecule has 33 heavy (non-hydrogen) atoms. The minimum Gasteiger partial charge on any atom is -0.468 e. The SMILES string of the molecule is COC(=O)C(c1cc(N2CCC(OC3CCN(C(=O)OC(C)(C)C)CC3)CC2)no1)C(C)C. The maximum atomic E-state index is 12.2. The molecule has 9 nitrogen and oxygen atoms in total. The molecule has 2 aliphatic rings. The molecule has 2 saturated heterocycles. The first-order chi connectivity index (χ1) is 15.6. The molecule has 2 aliphatic heterocycles. The summed E-state index contributed by atoms with van der Waals surface area (Å²) in [7, 11) is 1.39. The summed E-state index contributed by atoms with van der Waals surface area (Å²) >= 11 is 0. The van der Waals surface area contributed by atoms with Gasteiger partial charge in [-0.15, -0.1) is 0 Å². The lowest BCUT2D eigenvalue weighted by atomic mass is 9.93. The molecule has 3 rings (SSSR count). The minimum atomic E-state index is -0.474. The maximum Gasteiger partial charge on any atom is 0.410 e. The lowest BCUT2D eigenvalue weighted by molar-refractivity contribution is -0.144. The lowest BCUT2D eigenvalue weighted by Crippen LogP contribution is -2.45. The number of esters is 1. The largest absolute Gasteiger partial charge is 0.468 e. The first kappa shape index (κ1) is 25.3. The van der Waals surface area contributed by atoms with E-state index in [1.807, 2.05) is 40.7 Å². The smallest absolute Gasteiger partial charge is 0.410 e. The second kappa shape index (κ2) is 10.8. The second-order valence-electron chi connectivity index (χ2n) is 10.3. The Morgan fingerprint density at radius 3 is 2.15 bits per heavy atom. The van der Waals surface area contributed by atoms with Crippen molar-refractivity contribution in [1.82, 2.24) is 10.1 Å². The van der Waals surface area contributed by atoms with Gasteiger partial charge >= 0.3 is 12.1 Å². The van der Waals surface area contributed by atoms with Crippen molar-refractivity contribution in [2.24, 2.45) is 5.92 Å². The molecule has 0 bridgehead atoms. The Kier molecular flexibility index (Phi) is 8.26. The van der Waals surface area contributed by atoms with Gasteiger partial charge in [0.2, 0.25) is 0 Å². The highest BCUT2D eigenvalue weighted by Gasteiger charge is 2.32. The molecule has 0 spiro atoms. The number of carbonyl (C=O) groups is 2. The van der Waals surface area contributed by atoms with Gasteiger partial charge in [0.15, 0.2) is 11.6 Å². The summed E-state index contributed by atoms with van der Waals surface area (Å²) in [4.78, 5) is 28.3. The summed E-state index contributed by atoms with van der Waals surface area (Å²) < 4.78 is 22.3. The topological polar surface area (TPSA) is 94.3 Å².